The highest BCUT2D eigenvalue weighted by molar-refractivity contribution is 7.13. The molecule has 0 spiro atoms. The number of aryl methyl sites for hydroxylation is 1. The molecule has 8 heteroatoms. The van der Waals surface area contributed by atoms with Crippen LogP contribution >= 0.6 is 11.3 Å². The van der Waals surface area contributed by atoms with Crippen molar-refractivity contribution in [3.05, 3.63) is 53.7 Å². The SMILES string of the molecule is N#CCCn1cc(/C=C/C(=O)N2CCCC2C(=O)Nc2nccs2)c2ccccc21. The van der Waals surface area contributed by atoms with E-state index in [1.165, 1.54) is 17.4 Å². The van der Waals surface area contributed by atoms with E-state index in [1.807, 2.05) is 35.0 Å². The maximum absolute atomic E-state index is 12.8. The number of amides is 2. The van der Waals surface area contributed by atoms with Crippen molar-refractivity contribution in [1.29, 1.82) is 5.26 Å². The van der Waals surface area contributed by atoms with Gasteiger partial charge >= 0.3 is 0 Å². The summed E-state index contributed by atoms with van der Waals surface area (Å²) in [6, 6.07) is 9.60. The molecule has 4 rings (SSSR count). The molecule has 0 aliphatic carbocycles. The van der Waals surface area contributed by atoms with E-state index in [0.717, 1.165) is 22.9 Å². The summed E-state index contributed by atoms with van der Waals surface area (Å²) in [4.78, 5) is 31.1. The van der Waals surface area contributed by atoms with Crippen LogP contribution in [0.25, 0.3) is 17.0 Å². The number of carbonyl (C=O) groups excluding carboxylic acids is 2. The minimum atomic E-state index is -0.483. The van der Waals surface area contributed by atoms with E-state index >= 15 is 0 Å². The lowest BCUT2D eigenvalue weighted by Gasteiger charge is -2.22. The van der Waals surface area contributed by atoms with Crippen LogP contribution in [-0.4, -0.2) is 38.9 Å². The smallest absolute Gasteiger partial charge is 0.248 e. The Kier molecular flexibility index (Phi) is 5.91. The third kappa shape index (κ3) is 4.11. The van der Waals surface area contributed by atoms with Crippen molar-refractivity contribution in [2.24, 2.45) is 0 Å². The summed E-state index contributed by atoms with van der Waals surface area (Å²) in [5.74, 6) is -0.377. The van der Waals surface area contributed by atoms with Gasteiger partial charge in [0.2, 0.25) is 11.8 Å². The third-order valence-electron chi connectivity index (χ3n) is 5.19. The summed E-state index contributed by atoms with van der Waals surface area (Å²) >= 11 is 1.35. The molecule has 1 saturated heterocycles. The molecule has 1 atom stereocenters. The monoisotopic (exact) mass is 419 g/mol. The fourth-order valence-electron chi connectivity index (χ4n) is 3.80. The Balaban J connectivity index is 1.50. The van der Waals surface area contributed by atoms with Gasteiger partial charge in [0.05, 0.1) is 12.5 Å². The molecule has 7 nitrogen and oxygen atoms in total. The quantitative estimate of drug-likeness (QED) is 0.618. The number of para-hydroxylation sites is 1. The first-order chi connectivity index (χ1) is 14.7. The van der Waals surface area contributed by atoms with Gasteiger partial charge in [0.25, 0.3) is 0 Å². The first-order valence-corrected chi connectivity index (χ1v) is 10.7. The number of anilines is 1. The molecule has 1 aliphatic heterocycles. The Hall–Kier alpha value is -3.44. The molecule has 1 unspecified atom stereocenters. The van der Waals surface area contributed by atoms with Gasteiger partial charge in [0.1, 0.15) is 6.04 Å². The standard InChI is InChI=1S/C22H21N5O2S/c23-10-4-12-26-15-16(17-5-1-2-6-18(17)26)8-9-20(28)27-13-3-7-19(27)21(29)25-22-24-11-14-30-22/h1-2,5-6,8-9,11,14-15,19H,3-4,7,12-13H2,(H,24,25,29)/b9-8+. The maximum atomic E-state index is 12.8. The molecule has 0 radical (unpaired) electrons. The summed E-state index contributed by atoms with van der Waals surface area (Å²) in [6.45, 7) is 1.16. The fourth-order valence-corrected chi connectivity index (χ4v) is 4.33. The maximum Gasteiger partial charge on any atom is 0.248 e. The number of nitriles is 1. The molecule has 30 heavy (non-hydrogen) atoms. The Morgan fingerprint density at radius 1 is 1.37 bits per heavy atom. The lowest BCUT2D eigenvalue weighted by molar-refractivity contribution is -0.132. The van der Waals surface area contributed by atoms with Crippen molar-refractivity contribution in [3.8, 4) is 6.07 Å². The predicted molar refractivity (Wildman–Crippen MR) is 117 cm³/mol. The second-order valence-electron chi connectivity index (χ2n) is 7.05. The number of nitrogens with zero attached hydrogens (tertiary/aromatic N) is 4. The molecular formula is C22H21N5O2S. The molecule has 2 aromatic heterocycles. The van der Waals surface area contributed by atoms with Crippen molar-refractivity contribution in [2.45, 2.75) is 31.8 Å². The van der Waals surface area contributed by atoms with Crippen molar-refractivity contribution in [1.82, 2.24) is 14.5 Å². The Morgan fingerprint density at radius 3 is 3.03 bits per heavy atom. The molecule has 1 fully saturated rings. The van der Waals surface area contributed by atoms with Gasteiger partial charge in [-0.3, -0.25) is 9.59 Å². The number of nitrogens with one attached hydrogen (secondary N) is 1. The molecule has 152 valence electrons. The number of hydrogen-bond donors (Lipinski definition) is 1. The number of aromatic nitrogens is 2. The first-order valence-electron chi connectivity index (χ1n) is 9.81. The molecule has 1 aliphatic rings. The Bertz CT molecular complexity index is 1130. The van der Waals surface area contributed by atoms with Gasteiger partial charge in [-0.05, 0) is 25.0 Å². The van der Waals surface area contributed by atoms with Crippen LogP contribution in [0.2, 0.25) is 0 Å². The normalized spacial score (nSPS) is 16.2. The predicted octanol–water partition coefficient (Wildman–Crippen LogP) is 3.65. The number of benzene rings is 1. The number of fused-ring (bicyclic) bond motifs is 1. The summed E-state index contributed by atoms with van der Waals surface area (Å²) in [5.41, 5.74) is 1.95. The average molecular weight is 420 g/mol. The van der Waals surface area contributed by atoms with E-state index in [-0.39, 0.29) is 11.8 Å². The second-order valence-corrected chi connectivity index (χ2v) is 7.95. The van der Waals surface area contributed by atoms with Crippen LogP contribution in [0.5, 0.6) is 0 Å². The van der Waals surface area contributed by atoms with Gasteiger partial charge in [-0.15, -0.1) is 11.3 Å². The van der Waals surface area contributed by atoms with Gasteiger partial charge in [0.15, 0.2) is 5.13 Å². The average Bonchev–Trinajstić information content (AvgIpc) is 3.50. The van der Waals surface area contributed by atoms with Crippen LogP contribution in [0.15, 0.2) is 48.1 Å². The minimum Gasteiger partial charge on any atom is -0.346 e. The molecule has 3 aromatic rings. The zero-order valence-electron chi connectivity index (χ0n) is 16.3. The zero-order chi connectivity index (χ0) is 20.9. The van der Waals surface area contributed by atoms with E-state index in [0.29, 0.717) is 31.1 Å². The van der Waals surface area contributed by atoms with Crippen LogP contribution in [-0.2, 0) is 16.1 Å². The van der Waals surface area contributed by atoms with Gasteiger partial charge in [-0.1, -0.05) is 18.2 Å². The molecule has 1 N–H and O–H groups in total. The summed E-state index contributed by atoms with van der Waals surface area (Å²) < 4.78 is 2.03. The summed E-state index contributed by atoms with van der Waals surface area (Å²) in [6.07, 6.45) is 8.78. The van der Waals surface area contributed by atoms with Crippen LogP contribution < -0.4 is 5.32 Å². The van der Waals surface area contributed by atoms with Gasteiger partial charge < -0.3 is 14.8 Å². The molecular weight excluding hydrogens is 398 g/mol. The van der Waals surface area contributed by atoms with Crippen LogP contribution in [0, 0.1) is 11.3 Å². The second kappa shape index (κ2) is 8.93. The van der Waals surface area contributed by atoms with E-state index in [1.54, 1.807) is 22.6 Å². The molecule has 0 saturated carbocycles. The number of likely N-dealkylation sites (tertiary alicyclic amines) is 1. The fraction of sp³-hybridized carbons (Fsp3) is 0.273. The van der Waals surface area contributed by atoms with Gasteiger partial charge in [0, 0.05) is 53.4 Å². The molecule has 0 bridgehead atoms. The molecule has 3 heterocycles. The first kappa shape index (κ1) is 19.9. The van der Waals surface area contributed by atoms with Gasteiger partial charge in [-0.2, -0.15) is 5.26 Å². The van der Waals surface area contributed by atoms with E-state index < -0.39 is 6.04 Å². The molecule has 2 amide bonds. The van der Waals surface area contributed by atoms with Gasteiger partial charge in [-0.25, -0.2) is 4.98 Å². The zero-order valence-corrected chi connectivity index (χ0v) is 17.1. The van der Waals surface area contributed by atoms with Crippen LogP contribution in [0.1, 0.15) is 24.8 Å². The summed E-state index contributed by atoms with van der Waals surface area (Å²) in [5, 5.41) is 15.0. The number of rotatable bonds is 6. The largest absolute Gasteiger partial charge is 0.346 e. The topological polar surface area (TPSA) is 91.0 Å². The highest BCUT2D eigenvalue weighted by Gasteiger charge is 2.33. The Labute approximate surface area is 178 Å². The van der Waals surface area contributed by atoms with E-state index in [2.05, 4.69) is 16.4 Å². The lowest BCUT2D eigenvalue weighted by Crippen LogP contribution is -2.42. The number of thiazole rings is 1. The third-order valence-corrected chi connectivity index (χ3v) is 5.88. The lowest BCUT2D eigenvalue weighted by atomic mass is 10.1. The van der Waals surface area contributed by atoms with Crippen molar-refractivity contribution >= 4 is 45.3 Å². The number of carbonyl (C=O) groups is 2. The van der Waals surface area contributed by atoms with Crippen LogP contribution in [0.3, 0.4) is 0 Å². The summed E-state index contributed by atoms with van der Waals surface area (Å²) in [7, 11) is 0. The Morgan fingerprint density at radius 2 is 2.23 bits per heavy atom. The highest BCUT2D eigenvalue weighted by atomic mass is 32.1. The number of hydrogen-bond acceptors (Lipinski definition) is 5. The highest BCUT2D eigenvalue weighted by Crippen LogP contribution is 2.24. The van der Waals surface area contributed by atoms with E-state index in [9.17, 15) is 9.59 Å². The molecule has 1 aromatic carbocycles. The van der Waals surface area contributed by atoms with Crippen LogP contribution in [0.4, 0.5) is 5.13 Å². The van der Waals surface area contributed by atoms with Crippen molar-refractivity contribution in [3.63, 3.8) is 0 Å². The van der Waals surface area contributed by atoms with Crippen molar-refractivity contribution in [2.75, 3.05) is 11.9 Å². The van der Waals surface area contributed by atoms with E-state index in [4.69, 9.17) is 5.26 Å². The van der Waals surface area contributed by atoms with Crippen molar-refractivity contribution < 1.29 is 9.59 Å². The minimum absolute atomic E-state index is 0.180.